The summed E-state index contributed by atoms with van der Waals surface area (Å²) in [6, 6.07) is 9.72. The van der Waals surface area contributed by atoms with Crippen LogP contribution in [-0.4, -0.2) is 12.6 Å². The summed E-state index contributed by atoms with van der Waals surface area (Å²) in [6.45, 7) is 2.22. The lowest BCUT2D eigenvalue weighted by Crippen LogP contribution is -2.07. The van der Waals surface area contributed by atoms with Gasteiger partial charge in [-0.3, -0.25) is 4.79 Å². The number of rotatable bonds is 4. The first-order chi connectivity index (χ1) is 6.74. The van der Waals surface area contributed by atoms with Gasteiger partial charge in [0.25, 0.3) is 0 Å². The van der Waals surface area contributed by atoms with E-state index in [9.17, 15) is 4.79 Å². The normalized spacial score (nSPS) is 12.1. The van der Waals surface area contributed by atoms with Crippen LogP contribution in [0.25, 0.3) is 0 Å². The van der Waals surface area contributed by atoms with E-state index in [1.54, 1.807) is 6.92 Å². The maximum atomic E-state index is 11.2. The Balaban J connectivity index is 2.50. The molecule has 0 amide bonds. The van der Waals surface area contributed by atoms with Gasteiger partial charge < -0.3 is 4.74 Å². The molecule has 0 aliphatic carbocycles. The van der Waals surface area contributed by atoms with E-state index >= 15 is 0 Å². The summed E-state index contributed by atoms with van der Waals surface area (Å²) in [6.07, 6.45) is 0.320. The van der Waals surface area contributed by atoms with Gasteiger partial charge in [0.2, 0.25) is 0 Å². The van der Waals surface area contributed by atoms with Gasteiger partial charge in [-0.25, -0.2) is 0 Å². The monoisotopic (exact) mass is 210 g/mol. The number of hydrogen-bond acceptors (Lipinski definition) is 3. The molecule has 0 N–H and O–H groups in total. The molecule has 0 heterocycles. The second-order valence-electron chi connectivity index (χ2n) is 2.94. The molecule has 0 saturated heterocycles. The van der Waals surface area contributed by atoms with Gasteiger partial charge in [-0.1, -0.05) is 30.3 Å². The van der Waals surface area contributed by atoms with Gasteiger partial charge in [0.05, 0.1) is 13.0 Å². The molecule has 0 aromatic heterocycles. The Labute approximate surface area is 89.7 Å². The van der Waals surface area contributed by atoms with Crippen molar-refractivity contribution in [2.24, 2.45) is 0 Å². The summed E-state index contributed by atoms with van der Waals surface area (Å²) in [7, 11) is 0. The van der Waals surface area contributed by atoms with Crippen molar-refractivity contribution in [1.29, 1.82) is 0 Å². The van der Waals surface area contributed by atoms with E-state index in [0.29, 0.717) is 13.0 Å². The molecule has 0 bridgehead atoms. The van der Waals surface area contributed by atoms with Crippen LogP contribution < -0.4 is 0 Å². The number of ether oxygens (including phenoxy) is 1. The largest absolute Gasteiger partial charge is 0.466 e. The van der Waals surface area contributed by atoms with Crippen LogP contribution in [0.1, 0.15) is 24.2 Å². The predicted molar refractivity (Wildman–Crippen MR) is 59.4 cm³/mol. The fourth-order valence-electron chi connectivity index (χ4n) is 1.17. The Kier molecular flexibility index (Phi) is 4.53. The maximum Gasteiger partial charge on any atom is 0.307 e. The lowest BCUT2D eigenvalue weighted by Gasteiger charge is -2.09. The molecule has 1 rings (SSSR count). The summed E-state index contributed by atoms with van der Waals surface area (Å²) >= 11 is 4.35. The molecular weight excluding hydrogens is 196 g/mol. The zero-order valence-electron chi connectivity index (χ0n) is 8.14. The van der Waals surface area contributed by atoms with E-state index in [1.807, 2.05) is 30.3 Å². The second-order valence-corrected chi connectivity index (χ2v) is 3.56. The lowest BCUT2D eigenvalue weighted by atomic mass is 10.1. The highest BCUT2D eigenvalue weighted by Gasteiger charge is 2.11. The minimum Gasteiger partial charge on any atom is -0.466 e. The van der Waals surface area contributed by atoms with Crippen molar-refractivity contribution in [3.05, 3.63) is 35.9 Å². The fourth-order valence-corrected chi connectivity index (χ4v) is 1.49. The van der Waals surface area contributed by atoms with Crippen LogP contribution in [0.5, 0.6) is 0 Å². The van der Waals surface area contributed by atoms with E-state index in [2.05, 4.69) is 12.6 Å². The molecule has 0 aliphatic heterocycles. The molecule has 2 nitrogen and oxygen atoms in total. The average molecular weight is 210 g/mol. The SMILES string of the molecule is CCOC(=O)CC(S)c1ccccc1. The number of benzene rings is 1. The van der Waals surface area contributed by atoms with Crippen molar-refractivity contribution >= 4 is 18.6 Å². The number of carbonyl (C=O) groups is 1. The van der Waals surface area contributed by atoms with Gasteiger partial charge in [0.15, 0.2) is 0 Å². The Hall–Kier alpha value is -0.960. The molecule has 0 radical (unpaired) electrons. The van der Waals surface area contributed by atoms with E-state index in [1.165, 1.54) is 0 Å². The highest BCUT2D eigenvalue weighted by Crippen LogP contribution is 2.23. The third-order valence-electron chi connectivity index (χ3n) is 1.85. The van der Waals surface area contributed by atoms with Crippen LogP contribution in [0, 0.1) is 0 Å². The van der Waals surface area contributed by atoms with Crippen molar-refractivity contribution in [3.8, 4) is 0 Å². The molecule has 0 saturated carbocycles. The Morgan fingerprint density at radius 1 is 1.43 bits per heavy atom. The van der Waals surface area contributed by atoms with Gasteiger partial charge in [-0.05, 0) is 12.5 Å². The molecule has 1 aromatic rings. The van der Waals surface area contributed by atoms with Gasteiger partial charge in [0.1, 0.15) is 0 Å². The van der Waals surface area contributed by atoms with Crippen LogP contribution in [0.3, 0.4) is 0 Å². The third kappa shape index (κ3) is 3.42. The van der Waals surface area contributed by atoms with Crippen LogP contribution >= 0.6 is 12.6 Å². The third-order valence-corrected chi connectivity index (χ3v) is 2.33. The minimum absolute atomic E-state index is 0.0738. The molecule has 0 aliphatic rings. The van der Waals surface area contributed by atoms with Crippen molar-refractivity contribution in [2.45, 2.75) is 18.6 Å². The molecule has 76 valence electrons. The van der Waals surface area contributed by atoms with Gasteiger partial charge in [-0.15, -0.1) is 0 Å². The summed E-state index contributed by atoms with van der Waals surface area (Å²) < 4.78 is 4.85. The highest BCUT2D eigenvalue weighted by molar-refractivity contribution is 7.80. The lowest BCUT2D eigenvalue weighted by molar-refractivity contribution is -0.143. The van der Waals surface area contributed by atoms with Gasteiger partial charge >= 0.3 is 5.97 Å². The van der Waals surface area contributed by atoms with Crippen molar-refractivity contribution in [1.82, 2.24) is 0 Å². The molecular formula is C11H14O2S. The quantitative estimate of drug-likeness (QED) is 0.610. The maximum absolute atomic E-state index is 11.2. The first-order valence-corrected chi connectivity index (χ1v) is 5.14. The first-order valence-electron chi connectivity index (χ1n) is 4.62. The van der Waals surface area contributed by atoms with Crippen molar-refractivity contribution in [2.75, 3.05) is 6.61 Å². The predicted octanol–water partition coefficient (Wildman–Crippen LogP) is 2.61. The first kappa shape index (κ1) is 11.1. The smallest absolute Gasteiger partial charge is 0.307 e. The molecule has 0 spiro atoms. The molecule has 1 aromatic carbocycles. The van der Waals surface area contributed by atoms with Crippen molar-refractivity contribution < 1.29 is 9.53 Å². The van der Waals surface area contributed by atoms with Gasteiger partial charge in [0, 0.05) is 5.25 Å². The number of thiol groups is 1. The summed E-state index contributed by atoms with van der Waals surface area (Å²) in [5, 5.41) is -0.0738. The number of hydrogen-bond donors (Lipinski definition) is 1. The Morgan fingerprint density at radius 2 is 2.07 bits per heavy atom. The number of esters is 1. The topological polar surface area (TPSA) is 26.3 Å². The number of carbonyl (C=O) groups excluding carboxylic acids is 1. The molecule has 1 atom stereocenters. The van der Waals surface area contributed by atoms with E-state index in [0.717, 1.165) is 5.56 Å². The minimum atomic E-state index is -0.198. The molecule has 14 heavy (non-hydrogen) atoms. The average Bonchev–Trinajstić information content (AvgIpc) is 2.19. The highest BCUT2D eigenvalue weighted by atomic mass is 32.1. The fraction of sp³-hybridized carbons (Fsp3) is 0.364. The van der Waals surface area contributed by atoms with Gasteiger partial charge in [-0.2, -0.15) is 12.6 Å². The molecule has 3 heteroatoms. The van der Waals surface area contributed by atoms with Crippen LogP contribution in [0.2, 0.25) is 0 Å². The van der Waals surface area contributed by atoms with Crippen LogP contribution in [0.4, 0.5) is 0 Å². The summed E-state index contributed by atoms with van der Waals surface area (Å²) in [5.74, 6) is -0.198. The summed E-state index contributed by atoms with van der Waals surface area (Å²) in [5.41, 5.74) is 1.05. The second kappa shape index (κ2) is 5.70. The summed E-state index contributed by atoms with van der Waals surface area (Å²) in [4.78, 5) is 11.2. The zero-order valence-corrected chi connectivity index (χ0v) is 9.04. The van der Waals surface area contributed by atoms with E-state index in [4.69, 9.17) is 4.74 Å². The molecule has 0 fully saturated rings. The van der Waals surface area contributed by atoms with E-state index in [-0.39, 0.29) is 11.2 Å². The van der Waals surface area contributed by atoms with Crippen LogP contribution in [-0.2, 0) is 9.53 Å². The van der Waals surface area contributed by atoms with E-state index < -0.39 is 0 Å². The standard InChI is InChI=1S/C11H14O2S/c1-2-13-11(12)8-10(14)9-6-4-3-5-7-9/h3-7,10,14H,2,8H2,1H3. The molecule has 1 unspecified atom stereocenters. The van der Waals surface area contributed by atoms with Crippen LogP contribution in [0.15, 0.2) is 30.3 Å². The zero-order chi connectivity index (χ0) is 10.4. The Morgan fingerprint density at radius 3 is 2.64 bits per heavy atom. The van der Waals surface area contributed by atoms with Crippen molar-refractivity contribution in [3.63, 3.8) is 0 Å². The Bertz CT molecular complexity index is 285.